The number of likely N-dealkylation sites (tertiary alicyclic amines) is 1. The Hall–Kier alpha value is -1.27. The topological polar surface area (TPSA) is 63.4 Å². The van der Waals surface area contributed by atoms with E-state index in [9.17, 15) is 22.8 Å². The highest BCUT2D eigenvalue weighted by atomic mass is 19.4. The lowest BCUT2D eigenvalue weighted by Crippen LogP contribution is -2.35. The highest BCUT2D eigenvalue weighted by Crippen LogP contribution is 2.37. The minimum absolute atomic E-state index is 0.0266. The second-order valence-electron chi connectivity index (χ2n) is 5.42. The van der Waals surface area contributed by atoms with Crippen LogP contribution in [-0.4, -0.2) is 36.0 Å². The first-order valence-corrected chi connectivity index (χ1v) is 6.44. The summed E-state index contributed by atoms with van der Waals surface area (Å²) >= 11 is 0. The van der Waals surface area contributed by atoms with Gasteiger partial charge < -0.3 is 10.6 Å². The number of amides is 2. The van der Waals surface area contributed by atoms with E-state index in [4.69, 9.17) is 5.73 Å². The van der Waals surface area contributed by atoms with Crippen LogP contribution in [0.15, 0.2) is 0 Å². The van der Waals surface area contributed by atoms with Crippen LogP contribution in [0.4, 0.5) is 13.2 Å². The standard InChI is InChI=1S/C12H17F3N2O2/c13-12(14,15)9-3-4-17(6-9)11(19)8-2-1-7(5-8)10(16)18/h7-9H,1-6H2,(H2,16,18)/t7-,8+,9?/m1/s1. The zero-order valence-electron chi connectivity index (χ0n) is 10.4. The van der Waals surface area contributed by atoms with Gasteiger partial charge in [0.25, 0.3) is 0 Å². The Bertz CT molecular complexity index is 384. The fourth-order valence-corrected chi connectivity index (χ4v) is 2.95. The maximum Gasteiger partial charge on any atom is 0.393 e. The van der Waals surface area contributed by atoms with Gasteiger partial charge in [-0.25, -0.2) is 0 Å². The number of rotatable bonds is 2. The molecule has 0 spiro atoms. The molecule has 1 saturated heterocycles. The largest absolute Gasteiger partial charge is 0.393 e. The first-order chi connectivity index (χ1) is 8.79. The number of halogens is 3. The molecule has 1 unspecified atom stereocenters. The highest BCUT2D eigenvalue weighted by Gasteiger charge is 2.46. The summed E-state index contributed by atoms with van der Waals surface area (Å²) in [5.41, 5.74) is 5.18. The lowest BCUT2D eigenvalue weighted by molar-refractivity contribution is -0.171. The van der Waals surface area contributed by atoms with E-state index in [0.29, 0.717) is 19.3 Å². The molecule has 7 heteroatoms. The summed E-state index contributed by atoms with van der Waals surface area (Å²) < 4.78 is 37.6. The number of carbonyl (C=O) groups is 2. The molecule has 4 nitrogen and oxygen atoms in total. The molecule has 1 aliphatic carbocycles. The minimum Gasteiger partial charge on any atom is -0.369 e. The monoisotopic (exact) mass is 278 g/mol. The van der Waals surface area contributed by atoms with Crippen molar-refractivity contribution in [3.05, 3.63) is 0 Å². The van der Waals surface area contributed by atoms with Gasteiger partial charge in [-0.3, -0.25) is 9.59 Å². The smallest absolute Gasteiger partial charge is 0.369 e. The Kier molecular flexibility index (Phi) is 3.73. The summed E-state index contributed by atoms with van der Waals surface area (Å²) in [5.74, 6) is -2.75. The molecule has 0 aromatic rings. The first kappa shape index (κ1) is 14.1. The van der Waals surface area contributed by atoms with E-state index in [2.05, 4.69) is 0 Å². The Morgan fingerprint density at radius 3 is 2.21 bits per heavy atom. The molecule has 2 N–H and O–H groups in total. The number of alkyl halides is 3. The Morgan fingerprint density at radius 1 is 1.11 bits per heavy atom. The second kappa shape index (κ2) is 5.02. The van der Waals surface area contributed by atoms with Crippen molar-refractivity contribution in [3.8, 4) is 0 Å². The summed E-state index contributed by atoms with van der Waals surface area (Å²) in [6, 6.07) is 0. The third kappa shape index (κ3) is 3.01. The fraction of sp³-hybridized carbons (Fsp3) is 0.833. The van der Waals surface area contributed by atoms with Gasteiger partial charge in [0, 0.05) is 24.9 Å². The van der Waals surface area contributed by atoms with E-state index >= 15 is 0 Å². The van der Waals surface area contributed by atoms with Gasteiger partial charge in [0.2, 0.25) is 11.8 Å². The molecule has 2 aliphatic rings. The third-order valence-corrected chi connectivity index (χ3v) is 4.15. The molecule has 2 amide bonds. The van der Waals surface area contributed by atoms with Crippen LogP contribution in [0.3, 0.4) is 0 Å². The number of nitrogens with two attached hydrogens (primary N) is 1. The van der Waals surface area contributed by atoms with Gasteiger partial charge in [-0.2, -0.15) is 13.2 Å². The van der Waals surface area contributed by atoms with Crippen LogP contribution in [-0.2, 0) is 9.59 Å². The van der Waals surface area contributed by atoms with Crippen molar-refractivity contribution in [1.82, 2.24) is 4.90 Å². The van der Waals surface area contributed by atoms with Gasteiger partial charge in [0.05, 0.1) is 5.92 Å². The van der Waals surface area contributed by atoms with E-state index in [1.54, 1.807) is 0 Å². The predicted octanol–water partition coefficient (Wildman–Crippen LogP) is 1.30. The van der Waals surface area contributed by atoms with Crippen molar-refractivity contribution in [3.63, 3.8) is 0 Å². The SMILES string of the molecule is NC(=O)[C@@H]1CC[C@H](C(=O)N2CCC(C(F)(F)F)C2)C1. The molecule has 2 fully saturated rings. The number of carbonyl (C=O) groups excluding carboxylic acids is 2. The molecule has 0 bridgehead atoms. The molecule has 0 radical (unpaired) electrons. The van der Waals surface area contributed by atoms with Crippen molar-refractivity contribution in [1.29, 1.82) is 0 Å². The summed E-state index contributed by atoms with van der Waals surface area (Å²) in [4.78, 5) is 24.4. The molecule has 2 rings (SSSR count). The molecular weight excluding hydrogens is 261 g/mol. The molecule has 19 heavy (non-hydrogen) atoms. The van der Waals surface area contributed by atoms with Crippen LogP contribution < -0.4 is 5.73 Å². The molecule has 3 atom stereocenters. The molecule has 0 aromatic heterocycles. The first-order valence-electron chi connectivity index (χ1n) is 6.44. The van der Waals surface area contributed by atoms with Crippen LogP contribution in [0.2, 0.25) is 0 Å². The Morgan fingerprint density at radius 2 is 1.74 bits per heavy atom. The predicted molar refractivity (Wildman–Crippen MR) is 60.8 cm³/mol. The van der Waals surface area contributed by atoms with Crippen LogP contribution in [0.5, 0.6) is 0 Å². The fourth-order valence-electron chi connectivity index (χ4n) is 2.95. The van der Waals surface area contributed by atoms with Crippen LogP contribution >= 0.6 is 0 Å². The quantitative estimate of drug-likeness (QED) is 0.827. The zero-order chi connectivity index (χ0) is 14.2. The molecular formula is C12H17F3N2O2. The second-order valence-corrected chi connectivity index (χ2v) is 5.42. The van der Waals surface area contributed by atoms with E-state index in [0.717, 1.165) is 0 Å². The maximum atomic E-state index is 12.5. The molecule has 1 heterocycles. The number of nitrogens with zero attached hydrogens (tertiary/aromatic N) is 1. The van der Waals surface area contributed by atoms with Crippen molar-refractivity contribution >= 4 is 11.8 Å². The van der Waals surface area contributed by atoms with Crippen LogP contribution in [0.1, 0.15) is 25.7 Å². The van der Waals surface area contributed by atoms with Crippen molar-refractivity contribution < 1.29 is 22.8 Å². The van der Waals surface area contributed by atoms with Crippen molar-refractivity contribution in [2.24, 2.45) is 23.5 Å². The highest BCUT2D eigenvalue weighted by molar-refractivity contribution is 5.82. The van der Waals surface area contributed by atoms with Crippen LogP contribution in [0.25, 0.3) is 0 Å². The average molecular weight is 278 g/mol. The van der Waals surface area contributed by atoms with Crippen LogP contribution in [0, 0.1) is 17.8 Å². The maximum absolute atomic E-state index is 12.5. The van der Waals surface area contributed by atoms with Crippen molar-refractivity contribution in [2.75, 3.05) is 13.1 Å². The summed E-state index contributed by atoms with van der Waals surface area (Å²) in [5, 5.41) is 0. The number of hydrogen-bond donors (Lipinski definition) is 1. The summed E-state index contributed by atoms with van der Waals surface area (Å²) in [7, 11) is 0. The lowest BCUT2D eigenvalue weighted by Gasteiger charge is -2.21. The molecule has 108 valence electrons. The molecule has 1 aliphatic heterocycles. The van der Waals surface area contributed by atoms with Gasteiger partial charge in [0.1, 0.15) is 0 Å². The molecule has 0 aromatic carbocycles. The Labute approximate surface area is 109 Å². The average Bonchev–Trinajstić information content (AvgIpc) is 2.97. The van der Waals surface area contributed by atoms with Gasteiger partial charge in [0.15, 0.2) is 0 Å². The molecule has 1 saturated carbocycles. The van der Waals surface area contributed by atoms with Gasteiger partial charge in [-0.15, -0.1) is 0 Å². The third-order valence-electron chi connectivity index (χ3n) is 4.15. The van der Waals surface area contributed by atoms with E-state index in [1.807, 2.05) is 0 Å². The number of hydrogen-bond acceptors (Lipinski definition) is 2. The lowest BCUT2D eigenvalue weighted by atomic mass is 10.0. The zero-order valence-corrected chi connectivity index (χ0v) is 10.4. The van der Waals surface area contributed by atoms with Gasteiger partial charge in [-0.1, -0.05) is 0 Å². The van der Waals surface area contributed by atoms with Gasteiger partial charge in [-0.05, 0) is 25.7 Å². The Balaban J connectivity index is 1.90. The summed E-state index contributed by atoms with van der Waals surface area (Å²) in [6.45, 7) is -0.0964. The number of primary amides is 1. The van der Waals surface area contributed by atoms with E-state index < -0.39 is 18.0 Å². The van der Waals surface area contributed by atoms with Gasteiger partial charge >= 0.3 is 6.18 Å². The summed E-state index contributed by atoms with van der Waals surface area (Å²) in [6.07, 6.45) is -2.79. The van der Waals surface area contributed by atoms with E-state index in [1.165, 1.54) is 4.90 Å². The van der Waals surface area contributed by atoms with E-state index in [-0.39, 0.29) is 37.3 Å². The minimum atomic E-state index is -4.24. The normalized spacial score (nSPS) is 31.7. The van der Waals surface area contributed by atoms with Crippen molar-refractivity contribution in [2.45, 2.75) is 31.9 Å².